The Balaban J connectivity index is 2.42. The molecule has 0 radical (unpaired) electrons. The van der Waals surface area contributed by atoms with E-state index in [9.17, 15) is 4.79 Å². The molecule has 0 aromatic carbocycles. The molecule has 0 aliphatic heterocycles. The molecule has 2 N–H and O–H groups in total. The Morgan fingerprint density at radius 2 is 1.94 bits per heavy atom. The zero-order valence-corrected chi connectivity index (χ0v) is 12.4. The van der Waals surface area contributed by atoms with Gasteiger partial charge in [0.1, 0.15) is 5.60 Å². The molecule has 0 spiro atoms. The zero-order chi connectivity index (χ0) is 13.8. The SMILES string of the molecule is CC(C)(C)OC(=O)CCN(C(N)=S)C1CCCC1. The molecule has 1 saturated carbocycles. The predicted molar refractivity (Wildman–Crippen MR) is 76.2 cm³/mol. The van der Waals surface area contributed by atoms with Crippen LogP contribution in [-0.2, 0) is 9.53 Å². The van der Waals surface area contributed by atoms with Crippen molar-refractivity contribution < 1.29 is 9.53 Å². The van der Waals surface area contributed by atoms with Crippen molar-refractivity contribution >= 4 is 23.3 Å². The van der Waals surface area contributed by atoms with Gasteiger partial charge in [-0.05, 0) is 45.8 Å². The van der Waals surface area contributed by atoms with E-state index in [1.165, 1.54) is 12.8 Å². The Morgan fingerprint density at radius 3 is 2.39 bits per heavy atom. The number of carbonyl (C=O) groups excluding carboxylic acids is 1. The van der Waals surface area contributed by atoms with E-state index >= 15 is 0 Å². The van der Waals surface area contributed by atoms with Crippen molar-refractivity contribution in [1.82, 2.24) is 4.90 Å². The average molecular weight is 272 g/mol. The van der Waals surface area contributed by atoms with Gasteiger partial charge in [0.05, 0.1) is 6.42 Å². The monoisotopic (exact) mass is 272 g/mol. The Labute approximate surface area is 115 Å². The van der Waals surface area contributed by atoms with E-state index in [-0.39, 0.29) is 5.97 Å². The third-order valence-corrected chi connectivity index (χ3v) is 3.26. The van der Waals surface area contributed by atoms with E-state index in [4.69, 9.17) is 22.7 Å². The molecule has 1 rings (SSSR count). The summed E-state index contributed by atoms with van der Waals surface area (Å²) in [4.78, 5) is 13.6. The van der Waals surface area contributed by atoms with Gasteiger partial charge in [0.25, 0.3) is 0 Å². The molecule has 0 heterocycles. The molecule has 1 aliphatic carbocycles. The van der Waals surface area contributed by atoms with Crippen LogP contribution in [-0.4, -0.2) is 34.2 Å². The van der Waals surface area contributed by atoms with E-state index in [0.717, 1.165) is 12.8 Å². The van der Waals surface area contributed by atoms with Gasteiger partial charge in [0.2, 0.25) is 0 Å². The average Bonchev–Trinajstić information content (AvgIpc) is 2.67. The maximum Gasteiger partial charge on any atom is 0.308 e. The molecule has 0 unspecified atom stereocenters. The van der Waals surface area contributed by atoms with E-state index in [1.54, 1.807) is 0 Å². The highest BCUT2D eigenvalue weighted by Gasteiger charge is 2.24. The number of ether oxygens (including phenoxy) is 1. The first-order valence-corrected chi connectivity index (χ1v) is 6.98. The van der Waals surface area contributed by atoms with Gasteiger partial charge in [-0.15, -0.1) is 0 Å². The van der Waals surface area contributed by atoms with Crippen molar-refractivity contribution in [3.8, 4) is 0 Å². The van der Waals surface area contributed by atoms with Crippen LogP contribution in [0.4, 0.5) is 0 Å². The number of carbonyl (C=O) groups is 1. The first kappa shape index (κ1) is 15.2. The molecule has 0 aromatic heterocycles. The van der Waals surface area contributed by atoms with Gasteiger partial charge < -0.3 is 15.4 Å². The second kappa shape index (κ2) is 6.36. The van der Waals surface area contributed by atoms with Crippen LogP contribution in [0.1, 0.15) is 52.9 Å². The summed E-state index contributed by atoms with van der Waals surface area (Å²) in [7, 11) is 0. The molecule has 104 valence electrons. The number of nitrogens with two attached hydrogens (primary N) is 1. The summed E-state index contributed by atoms with van der Waals surface area (Å²) in [6.45, 7) is 6.17. The Bertz CT molecular complexity index is 307. The number of thiocarbonyl (C=S) groups is 1. The number of esters is 1. The zero-order valence-electron chi connectivity index (χ0n) is 11.6. The molecular weight excluding hydrogens is 248 g/mol. The molecule has 0 bridgehead atoms. The summed E-state index contributed by atoms with van der Waals surface area (Å²) in [5.41, 5.74) is 5.30. The van der Waals surface area contributed by atoms with E-state index in [2.05, 4.69) is 0 Å². The summed E-state index contributed by atoms with van der Waals surface area (Å²) in [6, 6.07) is 0.407. The fourth-order valence-corrected chi connectivity index (χ4v) is 2.53. The normalized spacial score (nSPS) is 16.6. The van der Waals surface area contributed by atoms with Crippen LogP contribution in [0.3, 0.4) is 0 Å². The third-order valence-electron chi connectivity index (χ3n) is 3.03. The summed E-state index contributed by atoms with van der Waals surface area (Å²) in [6.07, 6.45) is 5.01. The minimum absolute atomic E-state index is 0.193. The maximum atomic E-state index is 11.7. The van der Waals surface area contributed by atoms with E-state index in [0.29, 0.717) is 24.1 Å². The molecule has 0 amide bonds. The maximum absolute atomic E-state index is 11.7. The fourth-order valence-electron chi connectivity index (χ4n) is 2.29. The lowest BCUT2D eigenvalue weighted by molar-refractivity contribution is -0.155. The van der Waals surface area contributed by atoms with Crippen molar-refractivity contribution in [2.75, 3.05) is 6.54 Å². The minimum atomic E-state index is -0.432. The fraction of sp³-hybridized carbons (Fsp3) is 0.846. The highest BCUT2D eigenvalue weighted by Crippen LogP contribution is 2.23. The van der Waals surface area contributed by atoms with Crippen LogP contribution >= 0.6 is 12.2 Å². The highest BCUT2D eigenvalue weighted by atomic mass is 32.1. The largest absolute Gasteiger partial charge is 0.460 e. The molecule has 5 heteroatoms. The highest BCUT2D eigenvalue weighted by molar-refractivity contribution is 7.80. The second-order valence-electron chi connectivity index (χ2n) is 5.81. The Hall–Kier alpha value is -0.840. The number of rotatable bonds is 4. The number of nitrogens with zero attached hydrogens (tertiary/aromatic N) is 1. The van der Waals surface area contributed by atoms with Gasteiger partial charge in [-0.3, -0.25) is 4.79 Å². The van der Waals surface area contributed by atoms with Crippen molar-refractivity contribution in [1.29, 1.82) is 0 Å². The van der Waals surface area contributed by atoms with Gasteiger partial charge in [-0.2, -0.15) is 0 Å². The van der Waals surface area contributed by atoms with Gasteiger partial charge in [-0.1, -0.05) is 12.8 Å². The Morgan fingerprint density at radius 1 is 1.39 bits per heavy atom. The molecule has 4 nitrogen and oxygen atoms in total. The van der Waals surface area contributed by atoms with Gasteiger partial charge in [0.15, 0.2) is 5.11 Å². The first-order valence-electron chi connectivity index (χ1n) is 6.57. The molecule has 0 aromatic rings. The number of hydrogen-bond acceptors (Lipinski definition) is 3. The minimum Gasteiger partial charge on any atom is -0.460 e. The van der Waals surface area contributed by atoms with Gasteiger partial charge >= 0.3 is 5.97 Å². The third kappa shape index (κ3) is 5.21. The van der Waals surface area contributed by atoms with Crippen LogP contribution < -0.4 is 5.73 Å². The van der Waals surface area contributed by atoms with Gasteiger partial charge in [-0.25, -0.2) is 0 Å². The van der Waals surface area contributed by atoms with Gasteiger partial charge in [0, 0.05) is 12.6 Å². The standard InChI is InChI=1S/C13H24N2O2S/c1-13(2,3)17-11(16)8-9-15(12(14)18)10-6-4-5-7-10/h10H,4-9H2,1-3H3,(H2,14,18). The van der Waals surface area contributed by atoms with Crippen molar-refractivity contribution in [2.24, 2.45) is 5.73 Å². The van der Waals surface area contributed by atoms with Crippen molar-refractivity contribution in [2.45, 2.75) is 64.5 Å². The lowest BCUT2D eigenvalue weighted by Gasteiger charge is -2.29. The van der Waals surface area contributed by atoms with E-state index < -0.39 is 5.60 Å². The van der Waals surface area contributed by atoms with Crippen LogP contribution in [0, 0.1) is 0 Å². The number of hydrogen-bond donors (Lipinski definition) is 1. The van der Waals surface area contributed by atoms with Crippen molar-refractivity contribution in [3.63, 3.8) is 0 Å². The predicted octanol–water partition coefficient (Wildman–Crippen LogP) is 2.21. The summed E-state index contributed by atoms with van der Waals surface area (Å²) >= 11 is 5.07. The first-order chi connectivity index (χ1) is 8.29. The topological polar surface area (TPSA) is 55.6 Å². The van der Waals surface area contributed by atoms with E-state index in [1.807, 2.05) is 25.7 Å². The van der Waals surface area contributed by atoms with Crippen LogP contribution in [0.5, 0.6) is 0 Å². The molecule has 1 fully saturated rings. The molecule has 0 atom stereocenters. The summed E-state index contributed by atoms with van der Waals surface area (Å²) < 4.78 is 5.28. The summed E-state index contributed by atoms with van der Waals surface area (Å²) in [5, 5.41) is 0.394. The lowest BCUT2D eigenvalue weighted by atomic mass is 10.2. The quantitative estimate of drug-likeness (QED) is 0.628. The van der Waals surface area contributed by atoms with Crippen LogP contribution in [0.15, 0.2) is 0 Å². The van der Waals surface area contributed by atoms with Crippen LogP contribution in [0.25, 0.3) is 0 Å². The van der Waals surface area contributed by atoms with Crippen molar-refractivity contribution in [3.05, 3.63) is 0 Å². The smallest absolute Gasteiger partial charge is 0.308 e. The second-order valence-corrected chi connectivity index (χ2v) is 6.22. The molecule has 1 aliphatic rings. The van der Waals surface area contributed by atoms with Crippen LogP contribution in [0.2, 0.25) is 0 Å². The lowest BCUT2D eigenvalue weighted by Crippen LogP contribution is -2.43. The summed E-state index contributed by atoms with van der Waals surface area (Å²) in [5.74, 6) is -0.193. The molecule has 18 heavy (non-hydrogen) atoms. The Kier molecular flexibility index (Phi) is 5.38. The molecule has 0 saturated heterocycles. The molecular formula is C13H24N2O2S.